The van der Waals surface area contributed by atoms with Crippen molar-refractivity contribution in [2.24, 2.45) is 0 Å². The van der Waals surface area contributed by atoms with Gasteiger partial charge in [0.1, 0.15) is 0 Å². The molecule has 0 bridgehead atoms. The molecule has 2 rings (SSSR count). The zero-order chi connectivity index (χ0) is 11.4. The number of benzene rings is 1. The molecule has 1 fully saturated rings. The normalized spacial score (nSPS) is 21.1. The van der Waals surface area contributed by atoms with E-state index < -0.39 is 0 Å². The number of nitrogens with one attached hydrogen (secondary N) is 1. The van der Waals surface area contributed by atoms with Gasteiger partial charge >= 0.3 is 0 Å². The van der Waals surface area contributed by atoms with Gasteiger partial charge in [-0.3, -0.25) is 0 Å². The molecule has 0 saturated carbocycles. The topological polar surface area (TPSA) is 15.3 Å². The second-order valence-corrected chi connectivity index (χ2v) is 5.04. The number of hydrogen-bond donors (Lipinski definition) is 1. The molecule has 0 aliphatic carbocycles. The van der Waals surface area contributed by atoms with Crippen LogP contribution in [-0.4, -0.2) is 31.9 Å². The Morgan fingerprint density at radius 1 is 1.38 bits per heavy atom. The Morgan fingerprint density at radius 3 is 2.75 bits per heavy atom. The smallest absolute Gasteiger partial charge is 0.0412 e. The Balaban J connectivity index is 2.14. The number of nitrogens with zero attached hydrogens (tertiary/aromatic N) is 1. The van der Waals surface area contributed by atoms with Gasteiger partial charge in [0.05, 0.1) is 0 Å². The summed E-state index contributed by atoms with van der Waals surface area (Å²) in [5.41, 5.74) is 1.37. The van der Waals surface area contributed by atoms with Crippen molar-refractivity contribution in [1.29, 1.82) is 0 Å². The lowest BCUT2D eigenvalue weighted by Gasteiger charge is -2.37. The van der Waals surface area contributed by atoms with Crippen LogP contribution in [-0.2, 0) is 0 Å². The summed E-state index contributed by atoms with van der Waals surface area (Å²) >= 11 is 1.80. The lowest BCUT2D eigenvalue weighted by molar-refractivity contribution is 0.466. The van der Waals surface area contributed by atoms with Crippen LogP contribution in [0.4, 0.5) is 5.69 Å². The molecule has 1 aromatic rings. The SMILES string of the molecule is CCC1CNCCN1c1ccc(SC)cc1. The van der Waals surface area contributed by atoms with Crippen LogP contribution in [0.3, 0.4) is 0 Å². The Hall–Kier alpha value is -0.670. The van der Waals surface area contributed by atoms with E-state index >= 15 is 0 Å². The molecule has 1 aliphatic heterocycles. The van der Waals surface area contributed by atoms with Gasteiger partial charge in [-0.05, 0) is 36.9 Å². The number of hydrogen-bond acceptors (Lipinski definition) is 3. The average molecular weight is 236 g/mol. The van der Waals surface area contributed by atoms with Gasteiger partial charge in [0.25, 0.3) is 0 Å². The minimum Gasteiger partial charge on any atom is -0.366 e. The summed E-state index contributed by atoms with van der Waals surface area (Å²) in [6.45, 7) is 5.60. The fraction of sp³-hybridized carbons (Fsp3) is 0.538. The maximum Gasteiger partial charge on any atom is 0.0412 e. The third-order valence-corrected chi connectivity index (χ3v) is 3.97. The number of rotatable bonds is 3. The van der Waals surface area contributed by atoms with Crippen molar-refractivity contribution in [2.45, 2.75) is 24.3 Å². The van der Waals surface area contributed by atoms with E-state index in [1.165, 1.54) is 17.0 Å². The molecule has 1 N–H and O–H groups in total. The van der Waals surface area contributed by atoms with Crippen LogP contribution in [0.15, 0.2) is 29.2 Å². The summed E-state index contributed by atoms with van der Waals surface area (Å²) in [7, 11) is 0. The van der Waals surface area contributed by atoms with E-state index in [2.05, 4.69) is 47.7 Å². The highest BCUT2D eigenvalue weighted by molar-refractivity contribution is 7.98. The molecule has 0 radical (unpaired) electrons. The molecule has 0 amide bonds. The van der Waals surface area contributed by atoms with E-state index in [1.807, 2.05) is 0 Å². The van der Waals surface area contributed by atoms with Gasteiger partial charge < -0.3 is 10.2 Å². The Labute approximate surface area is 102 Å². The molecule has 1 atom stereocenters. The van der Waals surface area contributed by atoms with Crippen molar-refractivity contribution in [2.75, 3.05) is 30.8 Å². The summed E-state index contributed by atoms with van der Waals surface area (Å²) < 4.78 is 0. The zero-order valence-electron chi connectivity index (χ0n) is 10.1. The first-order valence-electron chi connectivity index (χ1n) is 5.96. The number of thioether (sulfide) groups is 1. The minimum absolute atomic E-state index is 0.647. The summed E-state index contributed by atoms with van der Waals surface area (Å²) in [6.07, 6.45) is 3.33. The highest BCUT2D eigenvalue weighted by atomic mass is 32.2. The molecule has 1 aromatic carbocycles. The van der Waals surface area contributed by atoms with Crippen LogP contribution in [0.2, 0.25) is 0 Å². The molecule has 0 aromatic heterocycles. The summed E-state index contributed by atoms with van der Waals surface area (Å²) in [6, 6.07) is 9.58. The third kappa shape index (κ3) is 2.53. The molecule has 1 saturated heterocycles. The van der Waals surface area contributed by atoms with Gasteiger partial charge in [-0.25, -0.2) is 0 Å². The second-order valence-electron chi connectivity index (χ2n) is 4.16. The molecular weight excluding hydrogens is 216 g/mol. The van der Waals surface area contributed by atoms with Crippen molar-refractivity contribution in [3.8, 4) is 0 Å². The van der Waals surface area contributed by atoms with Crippen LogP contribution in [0.1, 0.15) is 13.3 Å². The quantitative estimate of drug-likeness (QED) is 0.812. The Bertz CT molecular complexity index is 323. The fourth-order valence-electron chi connectivity index (χ4n) is 2.24. The number of anilines is 1. The molecule has 1 aliphatic rings. The van der Waals surface area contributed by atoms with Gasteiger partial charge in [-0.15, -0.1) is 11.8 Å². The van der Waals surface area contributed by atoms with Crippen LogP contribution in [0.5, 0.6) is 0 Å². The second kappa shape index (κ2) is 5.60. The lowest BCUT2D eigenvalue weighted by Crippen LogP contribution is -2.51. The first kappa shape index (κ1) is 11.8. The van der Waals surface area contributed by atoms with E-state index in [-0.39, 0.29) is 0 Å². The van der Waals surface area contributed by atoms with Crippen LogP contribution in [0.25, 0.3) is 0 Å². The van der Waals surface area contributed by atoms with Crippen LogP contribution < -0.4 is 10.2 Å². The fourth-order valence-corrected chi connectivity index (χ4v) is 2.65. The average Bonchev–Trinajstić information content (AvgIpc) is 2.39. The molecule has 2 nitrogen and oxygen atoms in total. The van der Waals surface area contributed by atoms with Gasteiger partial charge in [-0.2, -0.15) is 0 Å². The molecule has 16 heavy (non-hydrogen) atoms. The summed E-state index contributed by atoms with van der Waals surface area (Å²) in [5.74, 6) is 0. The van der Waals surface area contributed by atoms with Gasteiger partial charge in [0.15, 0.2) is 0 Å². The first-order valence-corrected chi connectivity index (χ1v) is 7.19. The molecular formula is C13H20N2S. The van der Waals surface area contributed by atoms with Gasteiger partial charge in [-0.1, -0.05) is 6.92 Å². The third-order valence-electron chi connectivity index (χ3n) is 3.23. The van der Waals surface area contributed by atoms with E-state index in [0.29, 0.717) is 6.04 Å². The monoisotopic (exact) mass is 236 g/mol. The maximum absolute atomic E-state index is 3.46. The van der Waals surface area contributed by atoms with Crippen molar-refractivity contribution in [3.63, 3.8) is 0 Å². The Morgan fingerprint density at radius 2 is 2.12 bits per heavy atom. The van der Waals surface area contributed by atoms with E-state index in [1.54, 1.807) is 11.8 Å². The van der Waals surface area contributed by atoms with E-state index in [4.69, 9.17) is 0 Å². The predicted octanol–water partition coefficient (Wildman–Crippen LogP) is 2.60. The molecule has 88 valence electrons. The van der Waals surface area contributed by atoms with Crippen LogP contribution in [0, 0.1) is 0 Å². The standard InChI is InChI=1S/C13H20N2S/c1-3-11-10-14-8-9-15(11)12-4-6-13(16-2)7-5-12/h4-7,11,14H,3,8-10H2,1-2H3. The molecule has 0 spiro atoms. The molecule has 1 unspecified atom stereocenters. The van der Waals surface area contributed by atoms with E-state index in [9.17, 15) is 0 Å². The Kier molecular flexibility index (Phi) is 4.13. The van der Waals surface area contributed by atoms with Crippen molar-refractivity contribution in [3.05, 3.63) is 24.3 Å². The van der Waals surface area contributed by atoms with E-state index in [0.717, 1.165) is 19.6 Å². The minimum atomic E-state index is 0.647. The van der Waals surface area contributed by atoms with Gasteiger partial charge in [0.2, 0.25) is 0 Å². The molecule has 1 heterocycles. The van der Waals surface area contributed by atoms with Crippen molar-refractivity contribution in [1.82, 2.24) is 5.32 Å². The molecule has 3 heteroatoms. The number of piperazine rings is 1. The highest BCUT2D eigenvalue weighted by Crippen LogP contribution is 2.23. The van der Waals surface area contributed by atoms with Crippen LogP contribution >= 0.6 is 11.8 Å². The van der Waals surface area contributed by atoms with Crippen molar-refractivity contribution >= 4 is 17.4 Å². The lowest BCUT2D eigenvalue weighted by atomic mass is 10.1. The van der Waals surface area contributed by atoms with Crippen molar-refractivity contribution < 1.29 is 0 Å². The first-order chi connectivity index (χ1) is 7.85. The summed E-state index contributed by atoms with van der Waals surface area (Å²) in [4.78, 5) is 3.87. The predicted molar refractivity (Wildman–Crippen MR) is 72.5 cm³/mol. The maximum atomic E-state index is 3.46. The summed E-state index contributed by atoms with van der Waals surface area (Å²) in [5, 5.41) is 3.46. The van der Waals surface area contributed by atoms with Gasteiger partial charge in [0, 0.05) is 36.3 Å². The largest absolute Gasteiger partial charge is 0.366 e. The highest BCUT2D eigenvalue weighted by Gasteiger charge is 2.20. The zero-order valence-corrected chi connectivity index (χ0v) is 10.9.